The smallest absolute Gasteiger partial charge is 0.379 e. The van der Waals surface area contributed by atoms with Crippen LogP contribution < -0.4 is 5.32 Å². The SMILES string of the molecule is CNC(CCOC(C)C)CC(F)(F)F. The lowest BCUT2D eigenvalue weighted by Gasteiger charge is -2.18. The van der Waals surface area contributed by atoms with Crippen molar-refractivity contribution in [2.75, 3.05) is 13.7 Å². The lowest BCUT2D eigenvalue weighted by molar-refractivity contribution is -0.140. The van der Waals surface area contributed by atoms with Crippen LogP contribution in [0.2, 0.25) is 0 Å². The van der Waals surface area contributed by atoms with Gasteiger partial charge in [-0.2, -0.15) is 13.2 Å². The normalized spacial score (nSPS) is 14.8. The Morgan fingerprint density at radius 1 is 1.29 bits per heavy atom. The molecule has 0 aliphatic rings. The summed E-state index contributed by atoms with van der Waals surface area (Å²) in [6, 6.07) is -0.547. The maximum Gasteiger partial charge on any atom is 0.390 e. The van der Waals surface area contributed by atoms with Crippen LogP contribution in [0.15, 0.2) is 0 Å². The van der Waals surface area contributed by atoms with Crippen LogP contribution in [-0.4, -0.2) is 32.0 Å². The third-order valence-electron chi connectivity index (χ3n) is 1.80. The summed E-state index contributed by atoms with van der Waals surface area (Å²) in [6.07, 6.45) is -4.46. The molecule has 0 rings (SSSR count). The van der Waals surface area contributed by atoms with Gasteiger partial charge in [-0.1, -0.05) is 0 Å². The highest BCUT2D eigenvalue weighted by Crippen LogP contribution is 2.22. The summed E-state index contributed by atoms with van der Waals surface area (Å²) in [7, 11) is 1.53. The molecule has 0 bridgehead atoms. The fraction of sp³-hybridized carbons (Fsp3) is 1.00. The Hall–Kier alpha value is -0.290. The molecule has 2 nitrogen and oxygen atoms in total. The van der Waals surface area contributed by atoms with Crippen LogP contribution in [0.1, 0.15) is 26.7 Å². The number of ether oxygens (including phenoxy) is 1. The molecule has 0 spiro atoms. The van der Waals surface area contributed by atoms with Crippen molar-refractivity contribution in [1.82, 2.24) is 5.32 Å². The molecule has 1 N–H and O–H groups in total. The van der Waals surface area contributed by atoms with Crippen molar-refractivity contribution in [2.24, 2.45) is 0 Å². The van der Waals surface area contributed by atoms with Gasteiger partial charge in [-0.25, -0.2) is 0 Å². The topological polar surface area (TPSA) is 21.3 Å². The van der Waals surface area contributed by atoms with E-state index in [0.29, 0.717) is 13.0 Å². The summed E-state index contributed by atoms with van der Waals surface area (Å²) >= 11 is 0. The summed E-state index contributed by atoms with van der Waals surface area (Å²) in [4.78, 5) is 0. The highest BCUT2D eigenvalue weighted by Gasteiger charge is 2.30. The van der Waals surface area contributed by atoms with E-state index in [1.54, 1.807) is 0 Å². The van der Waals surface area contributed by atoms with E-state index in [2.05, 4.69) is 5.32 Å². The van der Waals surface area contributed by atoms with Crippen LogP contribution in [0.3, 0.4) is 0 Å². The van der Waals surface area contributed by atoms with E-state index in [4.69, 9.17) is 4.74 Å². The molecule has 0 aromatic rings. The molecular weight excluding hydrogens is 195 g/mol. The second-order valence-electron chi connectivity index (χ2n) is 3.51. The van der Waals surface area contributed by atoms with Gasteiger partial charge in [0.05, 0.1) is 12.5 Å². The van der Waals surface area contributed by atoms with Gasteiger partial charge in [0.25, 0.3) is 0 Å². The molecule has 14 heavy (non-hydrogen) atoms. The average molecular weight is 213 g/mol. The maximum atomic E-state index is 12.0. The van der Waals surface area contributed by atoms with Gasteiger partial charge in [-0.3, -0.25) is 0 Å². The number of nitrogens with one attached hydrogen (secondary N) is 1. The number of hydrogen-bond acceptors (Lipinski definition) is 2. The summed E-state index contributed by atoms with van der Waals surface area (Å²) < 4.78 is 41.2. The molecule has 5 heteroatoms. The van der Waals surface area contributed by atoms with Crippen molar-refractivity contribution in [3.8, 4) is 0 Å². The molecule has 0 aliphatic carbocycles. The Kier molecular flexibility index (Phi) is 6.11. The minimum Gasteiger partial charge on any atom is -0.379 e. The summed E-state index contributed by atoms with van der Waals surface area (Å²) in [5, 5.41) is 2.63. The Labute approximate surface area is 82.8 Å². The summed E-state index contributed by atoms with van der Waals surface area (Å²) in [5.74, 6) is 0. The zero-order chi connectivity index (χ0) is 11.2. The Balaban J connectivity index is 3.69. The van der Waals surface area contributed by atoms with Gasteiger partial charge >= 0.3 is 6.18 Å². The quantitative estimate of drug-likeness (QED) is 0.731. The van der Waals surface area contributed by atoms with Gasteiger partial charge in [-0.15, -0.1) is 0 Å². The number of halogens is 3. The van der Waals surface area contributed by atoms with Crippen molar-refractivity contribution < 1.29 is 17.9 Å². The molecule has 0 aromatic heterocycles. The molecule has 0 radical (unpaired) electrons. The molecule has 0 heterocycles. The third kappa shape index (κ3) is 8.31. The van der Waals surface area contributed by atoms with Gasteiger partial charge in [0.15, 0.2) is 0 Å². The van der Waals surface area contributed by atoms with E-state index in [1.807, 2.05) is 13.8 Å². The van der Waals surface area contributed by atoms with Crippen LogP contribution in [0.25, 0.3) is 0 Å². The molecule has 1 atom stereocenters. The minimum atomic E-state index is -4.11. The summed E-state index contributed by atoms with van der Waals surface area (Å²) in [5.41, 5.74) is 0. The van der Waals surface area contributed by atoms with E-state index in [9.17, 15) is 13.2 Å². The molecule has 0 saturated heterocycles. The van der Waals surface area contributed by atoms with Gasteiger partial charge in [-0.05, 0) is 27.3 Å². The Morgan fingerprint density at radius 3 is 2.21 bits per heavy atom. The van der Waals surface area contributed by atoms with Crippen molar-refractivity contribution >= 4 is 0 Å². The van der Waals surface area contributed by atoms with Crippen molar-refractivity contribution in [2.45, 2.75) is 45.0 Å². The predicted molar refractivity (Wildman–Crippen MR) is 49.2 cm³/mol. The average Bonchev–Trinajstić information content (AvgIpc) is 1.99. The van der Waals surface area contributed by atoms with Crippen LogP contribution in [0.5, 0.6) is 0 Å². The van der Waals surface area contributed by atoms with Gasteiger partial charge in [0, 0.05) is 12.6 Å². The number of alkyl halides is 3. The van der Waals surface area contributed by atoms with Crippen LogP contribution in [0, 0.1) is 0 Å². The first-order valence-electron chi connectivity index (χ1n) is 4.70. The zero-order valence-corrected chi connectivity index (χ0v) is 8.82. The first-order chi connectivity index (χ1) is 6.35. The largest absolute Gasteiger partial charge is 0.390 e. The Morgan fingerprint density at radius 2 is 1.86 bits per heavy atom. The second-order valence-corrected chi connectivity index (χ2v) is 3.51. The number of rotatable bonds is 6. The molecular formula is C9H18F3NO. The van der Waals surface area contributed by atoms with E-state index in [1.165, 1.54) is 7.05 Å². The molecule has 0 aromatic carbocycles. The van der Waals surface area contributed by atoms with Crippen molar-refractivity contribution in [3.05, 3.63) is 0 Å². The van der Waals surface area contributed by atoms with E-state index >= 15 is 0 Å². The molecule has 0 fully saturated rings. The van der Waals surface area contributed by atoms with E-state index < -0.39 is 18.6 Å². The standard InChI is InChI=1S/C9H18F3NO/c1-7(2)14-5-4-8(13-3)6-9(10,11)12/h7-8,13H,4-6H2,1-3H3. The van der Waals surface area contributed by atoms with E-state index in [-0.39, 0.29) is 6.10 Å². The van der Waals surface area contributed by atoms with Crippen LogP contribution in [-0.2, 0) is 4.74 Å². The minimum absolute atomic E-state index is 0.0680. The summed E-state index contributed by atoms with van der Waals surface area (Å²) in [6.45, 7) is 4.08. The van der Waals surface area contributed by atoms with Crippen LogP contribution in [0.4, 0.5) is 13.2 Å². The van der Waals surface area contributed by atoms with Crippen molar-refractivity contribution in [1.29, 1.82) is 0 Å². The second kappa shape index (κ2) is 6.24. The monoisotopic (exact) mass is 213 g/mol. The number of hydrogen-bond donors (Lipinski definition) is 1. The fourth-order valence-corrected chi connectivity index (χ4v) is 1.07. The maximum absolute atomic E-state index is 12.0. The van der Waals surface area contributed by atoms with E-state index in [0.717, 1.165) is 0 Å². The molecule has 0 aliphatic heterocycles. The molecule has 0 amide bonds. The Bertz CT molecular complexity index is 147. The first kappa shape index (κ1) is 13.7. The molecule has 0 saturated carbocycles. The van der Waals surface area contributed by atoms with Gasteiger partial charge in [0.2, 0.25) is 0 Å². The molecule has 1 unspecified atom stereocenters. The third-order valence-corrected chi connectivity index (χ3v) is 1.80. The highest BCUT2D eigenvalue weighted by molar-refractivity contribution is 4.68. The zero-order valence-electron chi connectivity index (χ0n) is 8.82. The molecule has 86 valence electrons. The van der Waals surface area contributed by atoms with Gasteiger partial charge < -0.3 is 10.1 Å². The van der Waals surface area contributed by atoms with Crippen molar-refractivity contribution in [3.63, 3.8) is 0 Å². The predicted octanol–water partition coefficient (Wildman–Crippen LogP) is 2.34. The van der Waals surface area contributed by atoms with Gasteiger partial charge in [0.1, 0.15) is 0 Å². The lowest BCUT2D eigenvalue weighted by atomic mass is 10.1. The lowest BCUT2D eigenvalue weighted by Crippen LogP contribution is -2.32. The first-order valence-corrected chi connectivity index (χ1v) is 4.70. The fourth-order valence-electron chi connectivity index (χ4n) is 1.07. The van der Waals surface area contributed by atoms with Crippen LogP contribution >= 0.6 is 0 Å². The highest BCUT2D eigenvalue weighted by atomic mass is 19.4.